The first-order valence-corrected chi connectivity index (χ1v) is 3.26. The van der Waals surface area contributed by atoms with Gasteiger partial charge in [-0.25, -0.2) is 0 Å². The van der Waals surface area contributed by atoms with E-state index in [9.17, 15) is 5.11 Å². The van der Waals surface area contributed by atoms with E-state index in [0.29, 0.717) is 11.8 Å². The first-order valence-electron chi connectivity index (χ1n) is 3.26. The lowest BCUT2D eigenvalue weighted by Crippen LogP contribution is -2.07. The zero-order valence-corrected chi connectivity index (χ0v) is 5.81. The molecule has 0 aromatic carbocycles. The zero-order valence-electron chi connectivity index (χ0n) is 5.81. The average molecular weight is 114 g/mol. The van der Waals surface area contributed by atoms with Gasteiger partial charge in [0.25, 0.3) is 0 Å². The summed E-state index contributed by atoms with van der Waals surface area (Å²) in [5, 5.41) is 9.26. The Kier molecular flexibility index (Phi) is 1.12. The highest BCUT2D eigenvalue weighted by Crippen LogP contribution is 2.47. The van der Waals surface area contributed by atoms with Crippen LogP contribution >= 0.6 is 0 Å². The molecule has 0 heterocycles. The van der Waals surface area contributed by atoms with Crippen molar-refractivity contribution >= 4 is 0 Å². The van der Waals surface area contributed by atoms with Crippen LogP contribution in [0.25, 0.3) is 0 Å². The van der Waals surface area contributed by atoms with E-state index in [1.165, 1.54) is 0 Å². The average Bonchev–Trinajstić information content (AvgIpc) is 2.13. The number of aliphatic hydroxyl groups is 1. The summed E-state index contributed by atoms with van der Waals surface area (Å²) in [6.07, 6.45) is 1.00. The van der Waals surface area contributed by atoms with E-state index in [4.69, 9.17) is 0 Å². The van der Waals surface area contributed by atoms with Gasteiger partial charge in [0.15, 0.2) is 0 Å². The van der Waals surface area contributed by atoms with Crippen molar-refractivity contribution in [2.45, 2.75) is 32.8 Å². The molecule has 1 saturated carbocycles. The lowest BCUT2D eigenvalue weighted by Gasteiger charge is -2.03. The minimum Gasteiger partial charge on any atom is -0.390 e. The maximum atomic E-state index is 9.26. The second-order valence-corrected chi connectivity index (χ2v) is 3.41. The molecule has 0 aromatic heterocycles. The quantitative estimate of drug-likeness (QED) is 0.546. The number of rotatable bonds is 1. The SMILES string of the molecule is CC(C)[C@@H]1C[C@]1(C)O. The predicted molar refractivity (Wildman–Crippen MR) is 33.6 cm³/mol. The second-order valence-electron chi connectivity index (χ2n) is 3.41. The molecule has 1 N–H and O–H groups in total. The van der Waals surface area contributed by atoms with Crippen LogP contribution in [0.4, 0.5) is 0 Å². The van der Waals surface area contributed by atoms with Crippen molar-refractivity contribution in [2.75, 3.05) is 0 Å². The third-order valence-corrected chi connectivity index (χ3v) is 2.08. The van der Waals surface area contributed by atoms with E-state index in [1.807, 2.05) is 6.92 Å². The van der Waals surface area contributed by atoms with Crippen molar-refractivity contribution in [1.82, 2.24) is 0 Å². The summed E-state index contributed by atoms with van der Waals surface area (Å²) in [6.45, 7) is 6.23. The topological polar surface area (TPSA) is 20.2 Å². The van der Waals surface area contributed by atoms with E-state index >= 15 is 0 Å². The first kappa shape index (κ1) is 6.09. The van der Waals surface area contributed by atoms with Crippen molar-refractivity contribution in [3.63, 3.8) is 0 Å². The molecule has 0 spiro atoms. The highest BCUT2D eigenvalue weighted by Gasteiger charge is 2.49. The van der Waals surface area contributed by atoms with E-state index in [2.05, 4.69) is 13.8 Å². The molecule has 1 aliphatic rings. The predicted octanol–water partition coefficient (Wildman–Crippen LogP) is 1.41. The molecule has 0 aromatic rings. The van der Waals surface area contributed by atoms with Crippen LogP contribution in [0, 0.1) is 11.8 Å². The van der Waals surface area contributed by atoms with Crippen LogP contribution in [-0.4, -0.2) is 10.7 Å². The molecule has 48 valence electrons. The molecule has 2 atom stereocenters. The Morgan fingerprint density at radius 3 is 2.00 bits per heavy atom. The number of hydrogen-bond acceptors (Lipinski definition) is 1. The lowest BCUT2D eigenvalue weighted by atomic mass is 10.1. The summed E-state index contributed by atoms with van der Waals surface area (Å²) < 4.78 is 0. The van der Waals surface area contributed by atoms with Crippen molar-refractivity contribution in [3.8, 4) is 0 Å². The highest BCUT2D eigenvalue weighted by molar-refractivity contribution is 5.00. The third-order valence-electron chi connectivity index (χ3n) is 2.08. The minimum atomic E-state index is -0.311. The Labute approximate surface area is 50.7 Å². The molecule has 1 rings (SSSR count). The monoisotopic (exact) mass is 114 g/mol. The smallest absolute Gasteiger partial charge is 0.0655 e. The van der Waals surface area contributed by atoms with Crippen molar-refractivity contribution in [1.29, 1.82) is 0 Å². The normalized spacial score (nSPS) is 45.4. The van der Waals surface area contributed by atoms with Crippen LogP contribution in [-0.2, 0) is 0 Å². The van der Waals surface area contributed by atoms with E-state index in [0.717, 1.165) is 6.42 Å². The maximum Gasteiger partial charge on any atom is 0.0655 e. The summed E-state index contributed by atoms with van der Waals surface area (Å²) in [7, 11) is 0. The van der Waals surface area contributed by atoms with Gasteiger partial charge in [0.1, 0.15) is 0 Å². The van der Waals surface area contributed by atoms with Crippen LogP contribution in [0.1, 0.15) is 27.2 Å². The first-order chi connectivity index (χ1) is 3.54. The Balaban J connectivity index is 2.37. The molecule has 0 unspecified atom stereocenters. The molecule has 1 aliphatic carbocycles. The van der Waals surface area contributed by atoms with Gasteiger partial charge < -0.3 is 5.11 Å². The van der Waals surface area contributed by atoms with E-state index in [-0.39, 0.29) is 5.60 Å². The van der Waals surface area contributed by atoms with Gasteiger partial charge in [0.05, 0.1) is 5.60 Å². The minimum absolute atomic E-state index is 0.311. The summed E-state index contributed by atoms with van der Waals surface area (Å²) in [5.41, 5.74) is -0.311. The molecule has 1 nitrogen and oxygen atoms in total. The van der Waals surface area contributed by atoms with Crippen LogP contribution < -0.4 is 0 Å². The molecule has 0 saturated heterocycles. The van der Waals surface area contributed by atoms with Crippen molar-refractivity contribution in [3.05, 3.63) is 0 Å². The molecule has 1 fully saturated rings. The summed E-state index contributed by atoms with van der Waals surface area (Å²) >= 11 is 0. The molecular weight excluding hydrogens is 100 g/mol. The van der Waals surface area contributed by atoms with Gasteiger partial charge in [-0.2, -0.15) is 0 Å². The van der Waals surface area contributed by atoms with Crippen LogP contribution in [0.2, 0.25) is 0 Å². The molecule has 8 heavy (non-hydrogen) atoms. The summed E-state index contributed by atoms with van der Waals surface area (Å²) in [5.74, 6) is 1.23. The Hall–Kier alpha value is -0.0400. The molecule has 0 bridgehead atoms. The fraction of sp³-hybridized carbons (Fsp3) is 1.00. The maximum absolute atomic E-state index is 9.26. The van der Waals surface area contributed by atoms with Gasteiger partial charge in [0, 0.05) is 0 Å². The van der Waals surface area contributed by atoms with Crippen molar-refractivity contribution in [2.24, 2.45) is 11.8 Å². The van der Waals surface area contributed by atoms with Gasteiger partial charge in [-0.3, -0.25) is 0 Å². The summed E-state index contributed by atoms with van der Waals surface area (Å²) in [4.78, 5) is 0. The Morgan fingerprint density at radius 1 is 1.62 bits per heavy atom. The van der Waals surface area contributed by atoms with Crippen molar-refractivity contribution < 1.29 is 5.11 Å². The molecular formula is C7H14O. The lowest BCUT2D eigenvalue weighted by molar-refractivity contribution is 0.141. The van der Waals surface area contributed by atoms with E-state index in [1.54, 1.807) is 0 Å². The fourth-order valence-corrected chi connectivity index (χ4v) is 1.34. The molecule has 1 heteroatoms. The highest BCUT2D eigenvalue weighted by atomic mass is 16.3. The molecule has 0 radical (unpaired) electrons. The van der Waals surface area contributed by atoms with Gasteiger partial charge in [-0.1, -0.05) is 13.8 Å². The van der Waals surface area contributed by atoms with Gasteiger partial charge in [0.2, 0.25) is 0 Å². The van der Waals surface area contributed by atoms with Crippen LogP contribution in [0.3, 0.4) is 0 Å². The second kappa shape index (κ2) is 1.47. The van der Waals surface area contributed by atoms with Crippen LogP contribution in [0.15, 0.2) is 0 Å². The van der Waals surface area contributed by atoms with E-state index < -0.39 is 0 Å². The largest absolute Gasteiger partial charge is 0.390 e. The standard InChI is InChI=1S/C7H14O/c1-5(2)6-4-7(6,3)8/h5-6,8H,4H2,1-3H3/t6-,7-/m0/s1. The van der Waals surface area contributed by atoms with Gasteiger partial charge in [-0.15, -0.1) is 0 Å². The van der Waals surface area contributed by atoms with Gasteiger partial charge >= 0.3 is 0 Å². The number of hydrogen-bond donors (Lipinski definition) is 1. The third kappa shape index (κ3) is 0.873. The fourth-order valence-electron chi connectivity index (χ4n) is 1.34. The molecule has 0 aliphatic heterocycles. The Bertz CT molecular complexity index is 94.6. The van der Waals surface area contributed by atoms with Crippen LogP contribution in [0.5, 0.6) is 0 Å². The Morgan fingerprint density at radius 2 is 2.00 bits per heavy atom. The summed E-state index contributed by atoms with van der Waals surface area (Å²) in [6, 6.07) is 0. The zero-order chi connectivity index (χ0) is 6.36. The van der Waals surface area contributed by atoms with Gasteiger partial charge in [-0.05, 0) is 25.2 Å². The molecule has 0 amide bonds.